The first-order chi connectivity index (χ1) is 12.1. The van der Waals surface area contributed by atoms with Crippen molar-refractivity contribution in [2.45, 2.75) is 11.8 Å². The zero-order chi connectivity index (χ0) is 18.2. The van der Waals surface area contributed by atoms with Crippen LogP contribution >= 0.6 is 11.8 Å². The van der Waals surface area contributed by atoms with Crippen LogP contribution in [-0.4, -0.2) is 74.6 Å². The molecule has 1 fully saturated rings. The van der Waals surface area contributed by atoms with Gasteiger partial charge in [0.15, 0.2) is 11.5 Å². The largest absolute Gasteiger partial charge is 0.493 e. The fourth-order valence-corrected chi connectivity index (χ4v) is 3.32. The predicted octanol–water partition coefficient (Wildman–Crippen LogP) is 2.10. The summed E-state index contributed by atoms with van der Waals surface area (Å²) in [4.78, 5) is 28.4. The molecule has 0 radical (unpaired) electrons. The molecule has 0 unspecified atom stereocenters. The van der Waals surface area contributed by atoms with Crippen LogP contribution in [0.4, 0.5) is 4.79 Å². The van der Waals surface area contributed by atoms with E-state index in [1.165, 1.54) is 11.8 Å². The van der Waals surface area contributed by atoms with Crippen molar-refractivity contribution in [3.05, 3.63) is 18.2 Å². The van der Waals surface area contributed by atoms with Crippen LogP contribution in [0.15, 0.2) is 23.1 Å². The van der Waals surface area contributed by atoms with Crippen LogP contribution in [0.5, 0.6) is 11.5 Å². The Kier molecular flexibility index (Phi) is 7.24. The summed E-state index contributed by atoms with van der Waals surface area (Å²) in [7, 11) is 3.17. The maximum Gasteiger partial charge on any atom is 0.409 e. The standard InChI is InChI=1S/C17H24N2O5S/c1-4-24-17(21)19-9-7-18(8-10-19)16(20)12-25-13-5-6-14(22-2)15(11-13)23-3/h5-6,11H,4,7-10,12H2,1-3H3. The van der Waals surface area contributed by atoms with Gasteiger partial charge in [-0.2, -0.15) is 0 Å². The van der Waals surface area contributed by atoms with Crippen molar-refractivity contribution in [1.29, 1.82) is 0 Å². The van der Waals surface area contributed by atoms with Crippen LogP contribution < -0.4 is 9.47 Å². The molecule has 2 rings (SSSR count). The van der Waals surface area contributed by atoms with E-state index in [2.05, 4.69) is 0 Å². The number of nitrogens with zero attached hydrogens (tertiary/aromatic N) is 2. The SMILES string of the molecule is CCOC(=O)N1CCN(C(=O)CSc2ccc(OC)c(OC)c2)CC1. The monoisotopic (exact) mass is 368 g/mol. The van der Waals surface area contributed by atoms with E-state index in [0.717, 1.165) is 4.90 Å². The molecule has 1 heterocycles. The molecule has 0 saturated carbocycles. The maximum absolute atomic E-state index is 12.4. The molecule has 1 saturated heterocycles. The van der Waals surface area contributed by atoms with Gasteiger partial charge in [-0.1, -0.05) is 0 Å². The second-order valence-corrected chi connectivity index (χ2v) is 6.42. The minimum absolute atomic E-state index is 0.0586. The molecule has 0 bridgehead atoms. The molecular weight excluding hydrogens is 344 g/mol. The minimum atomic E-state index is -0.311. The molecule has 1 aromatic rings. The van der Waals surface area contributed by atoms with E-state index in [0.29, 0.717) is 50.0 Å². The third-order valence-corrected chi connectivity index (χ3v) is 4.85. The van der Waals surface area contributed by atoms with Crippen LogP contribution in [0.3, 0.4) is 0 Å². The highest BCUT2D eigenvalue weighted by atomic mass is 32.2. The highest BCUT2D eigenvalue weighted by Crippen LogP contribution is 2.31. The lowest BCUT2D eigenvalue weighted by Crippen LogP contribution is -2.51. The smallest absolute Gasteiger partial charge is 0.409 e. The van der Waals surface area contributed by atoms with Crippen molar-refractivity contribution in [3.63, 3.8) is 0 Å². The normalized spacial score (nSPS) is 14.2. The lowest BCUT2D eigenvalue weighted by molar-refractivity contribution is -0.129. The number of methoxy groups -OCH3 is 2. The lowest BCUT2D eigenvalue weighted by atomic mass is 10.3. The third kappa shape index (κ3) is 5.19. The highest BCUT2D eigenvalue weighted by molar-refractivity contribution is 8.00. The quantitative estimate of drug-likeness (QED) is 0.717. The summed E-state index contributed by atoms with van der Waals surface area (Å²) in [6, 6.07) is 5.58. The van der Waals surface area contributed by atoms with Gasteiger partial charge in [0.2, 0.25) is 5.91 Å². The molecular formula is C17H24N2O5S. The number of hydrogen-bond donors (Lipinski definition) is 0. The Bertz CT molecular complexity index is 603. The lowest BCUT2D eigenvalue weighted by Gasteiger charge is -2.34. The van der Waals surface area contributed by atoms with Crippen molar-refractivity contribution in [3.8, 4) is 11.5 Å². The summed E-state index contributed by atoms with van der Waals surface area (Å²) in [5, 5.41) is 0. The fraction of sp³-hybridized carbons (Fsp3) is 0.529. The topological polar surface area (TPSA) is 68.3 Å². The van der Waals surface area contributed by atoms with Gasteiger partial charge in [-0.15, -0.1) is 11.8 Å². The van der Waals surface area contributed by atoms with Crippen LogP contribution in [-0.2, 0) is 9.53 Å². The number of carbonyl (C=O) groups is 2. The first-order valence-electron chi connectivity index (χ1n) is 8.13. The van der Waals surface area contributed by atoms with Crippen molar-refractivity contribution in [1.82, 2.24) is 9.80 Å². The number of benzene rings is 1. The van der Waals surface area contributed by atoms with Crippen molar-refractivity contribution < 1.29 is 23.8 Å². The Morgan fingerprint density at radius 1 is 1.04 bits per heavy atom. The second kappa shape index (κ2) is 9.41. The van der Waals surface area contributed by atoms with E-state index in [9.17, 15) is 9.59 Å². The minimum Gasteiger partial charge on any atom is -0.493 e. The van der Waals surface area contributed by atoms with Crippen molar-refractivity contribution >= 4 is 23.8 Å². The summed E-state index contributed by atoms with van der Waals surface area (Å²) < 4.78 is 15.5. The molecule has 7 nitrogen and oxygen atoms in total. The highest BCUT2D eigenvalue weighted by Gasteiger charge is 2.24. The number of piperazine rings is 1. The van der Waals surface area contributed by atoms with Gasteiger partial charge in [0.1, 0.15) is 0 Å². The van der Waals surface area contributed by atoms with Gasteiger partial charge in [-0.25, -0.2) is 4.79 Å². The first-order valence-corrected chi connectivity index (χ1v) is 9.12. The Balaban J connectivity index is 1.82. The fourth-order valence-electron chi connectivity index (χ4n) is 2.50. The number of rotatable bonds is 6. The van der Waals surface area contributed by atoms with Crippen molar-refractivity contribution in [2.75, 3.05) is 52.8 Å². The van der Waals surface area contributed by atoms with E-state index < -0.39 is 0 Å². The molecule has 0 atom stereocenters. The third-order valence-electron chi connectivity index (χ3n) is 3.88. The number of thioether (sulfide) groups is 1. The van der Waals surface area contributed by atoms with Gasteiger partial charge in [0.25, 0.3) is 0 Å². The van der Waals surface area contributed by atoms with E-state index in [-0.39, 0.29) is 12.0 Å². The van der Waals surface area contributed by atoms with E-state index in [1.807, 2.05) is 18.2 Å². The van der Waals surface area contributed by atoms with Gasteiger partial charge in [0, 0.05) is 31.1 Å². The Labute approximate surface area is 152 Å². The summed E-state index contributed by atoms with van der Waals surface area (Å²) in [6.07, 6.45) is -0.311. The van der Waals surface area contributed by atoms with E-state index in [4.69, 9.17) is 14.2 Å². The van der Waals surface area contributed by atoms with E-state index in [1.54, 1.807) is 30.9 Å². The molecule has 1 aromatic carbocycles. The van der Waals surface area contributed by atoms with E-state index >= 15 is 0 Å². The average Bonchev–Trinajstić information content (AvgIpc) is 2.66. The predicted molar refractivity (Wildman–Crippen MR) is 95.4 cm³/mol. The zero-order valence-electron chi connectivity index (χ0n) is 14.8. The molecule has 2 amide bonds. The van der Waals surface area contributed by atoms with Crippen molar-refractivity contribution in [2.24, 2.45) is 0 Å². The van der Waals surface area contributed by atoms with Gasteiger partial charge >= 0.3 is 6.09 Å². The second-order valence-electron chi connectivity index (χ2n) is 5.37. The average molecular weight is 368 g/mol. The molecule has 8 heteroatoms. The first kappa shape index (κ1) is 19.2. The number of carbonyl (C=O) groups excluding carboxylic acids is 2. The van der Waals surface area contributed by atoms with Crippen LogP contribution in [0.2, 0.25) is 0 Å². The van der Waals surface area contributed by atoms with Gasteiger partial charge < -0.3 is 24.0 Å². The summed E-state index contributed by atoms with van der Waals surface area (Å²) >= 11 is 1.45. The molecule has 0 spiro atoms. The number of ether oxygens (including phenoxy) is 3. The summed E-state index contributed by atoms with van der Waals surface area (Å²) in [5.41, 5.74) is 0. The Morgan fingerprint density at radius 3 is 2.28 bits per heavy atom. The van der Waals surface area contributed by atoms with Gasteiger partial charge in [-0.05, 0) is 25.1 Å². The summed E-state index contributed by atoms with van der Waals surface area (Å²) in [5.74, 6) is 1.70. The maximum atomic E-state index is 12.4. The molecule has 25 heavy (non-hydrogen) atoms. The molecule has 0 aliphatic carbocycles. The molecule has 0 aromatic heterocycles. The van der Waals surface area contributed by atoms with Gasteiger partial charge in [0.05, 0.1) is 26.6 Å². The Hall–Kier alpha value is -2.09. The Morgan fingerprint density at radius 2 is 1.68 bits per heavy atom. The molecule has 1 aliphatic rings. The molecule has 1 aliphatic heterocycles. The van der Waals surface area contributed by atoms with Gasteiger partial charge in [-0.3, -0.25) is 4.79 Å². The van der Waals surface area contributed by atoms with Crippen LogP contribution in [0, 0.1) is 0 Å². The molecule has 138 valence electrons. The molecule has 0 N–H and O–H groups in total. The van der Waals surface area contributed by atoms with Crippen LogP contribution in [0.1, 0.15) is 6.92 Å². The van der Waals surface area contributed by atoms with Crippen LogP contribution in [0.25, 0.3) is 0 Å². The number of amides is 2. The number of hydrogen-bond acceptors (Lipinski definition) is 6. The zero-order valence-corrected chi connectivity index (χ0v) is 15.6. The summed E-state index contributed by atoms with van der Waals surface area (Å²) in [6.45, 7) is 4.22.